The molecule has 0 aromatic heterocycles. The molecule has 2 saturated heterocycles. The van der Waals surface area contributed by atoms with Crippen molar-refractivity contribution in [3.8, 4) is 0 Å². The molecule has 2 fully saturated rings. The molecule has 2 aliphatic heterocycles. The van der Waals surface area contributed by atoms with Crippen LogP contribution in [-0.2, 0) is 9.47 Å². The van der Waals surface area contributed by atoms with Gasteiger partial charge in [-0.25, -0.2) is 0 Å². The molecular formula is C18H36NO2+. The standard InChI is InChI=1S/C18H36NO2/c1-15(12-18(2,3)4)11-17-20-14-16(21-17)13-19(5)9-7-6-8-10-19/h15-17H,6-14H2,1-5H3/q+1/t15-,16-,17+/m1/s1. The Balaban J connectivity index is 1.73. The van der Waals surface area contributed by atoms with Crippen LogP contribution in [-0.4, -0.2) is 50.2 Å². The van der Waals surface area contributed by atoms with Crippen molar-refractivity contribution in [3.05, 3.63) is 0 Å². The molecule has 0 aromatic rings. The Morgan fingerprint density at radius 2 is 1.81 bits per heavy atom. The predicted octanol–water partition coefficient (Wildman–Crippen LogP) is 3.82. The molecule has 0 radical (unpaired) electrons. The number of ether oxygens (including phenoxy) is 2. The van der Waals surface area contributed by atoms with E-state index in [1.54, 1.807) is 0 Å². The zero-order valence-electron chi connectivity index (χ0n) is 14.9. The smallest absolute Gasteiger partial charge is 0.158 e. The quantitative estimate of drug-likeness (QED) is 0.718. The third-order valence-electron chi connectivity index (χ3n) is 4.91. The van der Waals surface area contributed by atoms with Crippen molar-refractivity contribution in [1.29, 1.82) is 0 Å². The van der Waals surface area contributed by atoms with Crippen LogP contribution in [0.5, 0.6) is 0 Å². The minimum atomic E-state index is 0.0312. The molecule has 21 heavy (non-hydrogen) atoms. The molecule has 0 spiro atoms. The van der Waals surface area contributed by atoms with Gasteiger partial charge >= 0.3 is 0 Å². The van der Waals surface area contributed by atoms with E-state index in [0.717, 1.165) is 19.6 Å². The van der Waals surface area contributed by atoms with Gasteiger partial charge in [0, 0.05) is 6.42 Å². The van der Waals surface area contributed by atoms with E-state index in [0.29, 0.717) is 17.4 Å². The first kappa shape index (κ1) is 17.2. The number of likely N-dealkylation sites (N-methyl/N-ethyl adjacent to an activating group) is 1. The molecule has 3 atom stereocenters. The summed E-state index contributed by atoms with van der Waals surface area (Å²) in [6.07, 6.45) is 6.75. The molecule has 0 N–H and O–H groups in total. The van der Waals surface area contributed by atoms with E-state index >= 15 is 0 Å². The Kier molecular flexibility index (Phi) is 5.72. The highest BCUT2D eigenvalue weighted by Crippen LogP contribution is 2.29. The molecule has 124 valence electrons. The number of quaternary nitrogens is 1. The van der Waals surface area contributed by atoms with E-state index in [1.807, 2.05) is 0 Å². The van der Waals surface area contributed by atoms with Gasteiger partial charge < -0.3 is 14.0 Å². The van der Waals surface area contributed by atoms with Crippen molar-refractivity contribution in [1.82, 2.24) is 0 Å². The number of piperidine rings is 1. The summed E-state index contributed by atoms with van der Waals surface area (Å²) >= 11 is 0. The molecule has 0 bridgehead atoms. The summed E-state index contributed by atoms with van der Waals surface area (Å²) < 4.78 is 13.3. The fourth-order valence-corrected chi connectivity index (χ4v) is 4.13. The molecule has 2 heterocycles. The Hall–Kier alpha value is -0.120. The summed E-state index contributed by atoms with van der Waals surface area (Å²) in [5.74, 6) is 0.661. The second kappa shape index (κ2) is 6.97. The predicted molar refractivity (Wildman–Crippen MR) is 87.1 cm³/mol. The molecule has 0 saturated carbocycles. The maximum atomic E-state index is 6.18. The SMILES string of the molecule is C[C@H](C[C@H]1OC[C@@H](C[N+]2(C)CCCCC2)O1)CC(C)(C)C. The van der Waals surface area contributed by atoms with E-state index in [-0.39, 0.29) is 6.29 Å². The first-order chi connectivity index (χ1) is 9.76. The largest absolute Gasteiger partial charge is 0.350 e. The fourth-order valence-electron chi connectivity index (χ4n) is 4.13. The van der Waals surface area contributed by atoms with Crippen LogP contribution in [0.4, 0.5) is 0 Å². The first-order valence-electron chi connectivity index (χ1n) is 8.86. The summed E-state index contributed by atoms with van der Waals surface area (Å²) in [4.78, 5) is 0. The fraction of sp³-hybridized carbons (Fsp3) is 1.00. The Bertz CT molecular complexity index is 318. The average Bonchev–Trinajstić information content (AvgIpc) is 2.73. The monoisotopic (exact) mass is 298 g/mol. The van der Waals surface area contributed by atoms with Crippen molar-refractivity contribution in [2.45, 2.75) is 72.2 Å². The van der Waals surface area contributed by atoms with Gasteiger partial charge in [-0.2, -0.15) is 0 Å². The summed E-state index contributed by atoms with van der Waals surface area (Å²) in [6.45, 7) is 13.8. The highest BCUT2D eigenvalue weighted by molar-refractivity contribution is 4.72. The minimum absolute atomic E-state index is 0.0312. The van der Waals surface area contributed by atoms with E-state index < -0.39 is 0 Å². The molecule has 2 aliphatic rings. The molecule has 0 aliphatic carbocycles. The van der Waals surface area contributed by atoms with Crippen LogP contribution in [0, 0.1) is 11.3 Å². The highest BCUT2D eigenvalue weighted by Gasteiger charge is 2.35. The average molecular weight is 298 g/mol. The zero-order valence-corrected chi connectivity index (χ0v) is 14.9. The van der Waals surface area contributed by atoms with Crippen molar-refractivity contribution >= 4 is 0 Å². The number of hydrogen-bond acceptors (Lipinski definition) is 2. The van der Waals surface area contributed by atoms with Gasteiger partial charge in [-0.15, -0.1) is 0 Å². The number of rotatable bonds is 5. The van der Waals surface area contributed by atoms with Gasteiger partial charge in [0.15, 0.2) is 6.29 Å². The molecule has 0 aromatic carbocycles. The van der Waals surface area contributed by atoms with Crippen molar-refractivity contribution < 1.29 is 14.0 Å². The van der Waals surface area contributed by atoms with E-state index in [9.17, 15) is 0 Å². The van der Waals surface area contributed by atoms with Gasteiger partial charge in [0.25, 0.3) is 0 Å². The summed E-state index contributed by atoms with van der Waals surface area (Å²) in [5, 5.41) is 0. The number of likely N-dealkylation sites (tertiary alicyclic amines) is 1. The third-order valence-corrected chi connectivity index (χ3v) is 4.91. The summed E-state index contributed by atoms with van der Waals surface area (Å²) in [7, 11) is 2.39. The molecular weight excluding hydrogens is 262 g/mol. The topological polar surface area (TPSA) is 18.5 Å². The third kappa shape index (κ3) is 5.88. The van der Waals surface area contributed by atoms with Crippen LogP contribution < -0.4 is 0 Å². The highest BCUT2D eigenvalue weighted by atomic mass is 16.7. The lowest BCUT2D eigenvalue weighted by molar-refractivity contribution is -0.916. The van der Waals surface area contributed by atoms with Crippen molar-refractivity contribution in [3.63, 3.8) is 0 Å². The molecule has 0 unspecified atom stereocenters. The van der Waals surface area contributed by atoms with Crippen LogP contribution in [0.2, 0.25) is 0 Å². The van der Waals surface area contributed by atoms with Gasteiger partial charge in [0.1, 0.15) is 12.6 Å². The molecule has 3 heteroatoms. The van der Waals surface area contributed by atoms with Crippen molar-refractivity contribution in [2.24, 2.45) is 11.3 Å². The van der Waals surface area contributed by atoms with Gasteiger partial charge in [-0.1, -0.05) is 27.7 Å². The zero-order chi connectivity index (χ0) is 15.5. The Morgan fingerprint density at radius 1 is 1.14 bits per heavy atom. The van der Waals surface area contributed by atoms with Gasteiger partial charge in [-0.3, -0.25) is 0 Å². The second-order valence-corrected chi connectivity index (χ2v) is 8.94. The van der Waals surface area contributed by atoms with Crippen LogP contribution in [0.15, 0.2) is 0 Å². The first-order valence-corrected chi connectivity index (χ1v) is 8.86. The number of hydrogen-bond donors (Lipinski definition) is 0. The van der Waals surface area contributed by atoms with Crippen LogP contribution in [0.3, 0.4) is 0 Å². The Labute approximate surface area is 131 Å². The van der Waals surface area contributed by atoms with E-state index in [4.69, 9.17) is 9.47 Å². The molecule has 3 nitrogen and oxygen atoms in total. The Morgan fingerprint density at radius 3 is 2.43 bits per heavy atom. The van der Waals surface area contributed by atoms with Gasteiger partial charge in [0.2, 0.25) is 0 Å². The van der Waals surface area contributed by atoms with E-state index in [2.05, 4.69) is 34.7 Å². The lowest BCUT2D eigenvalue weighted by Crippen LogP contribution is -2.52. The molecule has 0 amide bonds. The van der Waals surface area contributed by atoms with Gasteiger partial charge in [0.05, 0.1) is 26.7 Å². The van der Waals surface area contributed by atoms with Crippen LogP contribution >= 0.6 is 0 Å². The molecule has 2 rings (SSSR count). The summed E-state index contributed by atoms with van der Waals surface area (Å²) in [5.41, 5.74) is 0.393. The normalized spacial score (nSPS) is 31.3. The minimum Gasteiger partial charge on any atom is -0.350 e. The summed E-state index contributed by atoms with van der Waals surface area (Å²) in [6, 6.07) is 0. The van der Waals surface area contributed by atoms with Crippen LogP contribution in [0.25, 0.3) is 0 Å². The lowest BCUT2D eigenvalue weighted by atomic mass is 9.84. The second-order valence-electron chi connectivity index (χ2n) is 8.94. The lowest BCUT2D eigenvalue weighted by Gasteiger charge is -2.39. The maximum absolute atomic E-state index is 6.18. The van der Waals surface area contributed by atoms with Gasteiger partial charge in [-0.05, 0) is 37.0 Å². The van der Waals surface area contributed by atoms with Crippen molar-refractivity contribution in [2.75, 3.05) is 33.3 Å². The number of nitrogens with zero attached hydrogens (tertiary/aromatic N) is 1. The maximum Gasteiger partial charge on any atom is 0.158 e. The van der Waals surface area contributed by atoms with Crippen LogP contribution in [0.1, 0.15) is 59.8 Å². The van der Waals surface area contributed by atoms with E-state index in [1.165, 1.54) is 43.3 Å².